The molecule has 0 amide bonds. The summed E-state index contributed by atoms with van der Waals surface area (Å²) in [4.78, 5) is 0. The summed E-state index contributed by atoms with van der Waals surface area (Å²) in [6.45, 7) is 11.7. The van der Waals surface area contributed by atoms with Crippen molar-refractivity contribution in [2.75, 3.05) is 0 Å². The van der Waals surface area contributed by atoms with Crippen LogP contribution in [0, 0.1) is 11.3 Å². The molecule has 0 aliphatic carbocycles. The molecule has 0 atom stereocenters. The second-order valence-electron chi connectivity index (χ2n) is 4.37. The van der Waals surface area contributed by atoms with Crippen LogP contribution in [0.2, 0.25) is 0 Å². The van der Waals surface area contributed by atoms with E-state index in [1.807, 2.05) is 5.92 Å². The first-order valence-electron chi connectivity index (χ1n) is 5.99. The van der Waals surface area contributed by atoms with Crippen molar-refractivity contribution >= 4 is 0 Å². The van der Waals surface area contributed by atoms with Gasteiger partial charge in [0.25, 0.3) is 0 Å². The van der Waals surface area contributed by atoms with Crippen molar-refractivity contribution in [3.05, 3.63) is 5.92 Å². The van der Waals surface area contributed by atoms with Gasteiger partial charge in [-0.05, 0) is 24.2 Å². The molecule has 0 saturated heterocycles. The van der Waals surface area contributed by atoms with Gasteiger partial charge in [-0.3, -0.25) is 0 Å². The summed E-state index contributed by atoms with van der Waals surface area (Å²) in [5, 5.41) is 0. The Balaban J connectivity index is 4.28. The van der Waals surface area contributed by atoms with Gasteiger partial charge in [-0.25, -0.2) is 0 Å². The Bertz CT molecular complexity index is 105. The highest BCUT2D eigenvalue weighted by Crippen LogP contribution is 2.41. The van der Waals surface area contributed by atoms with Crippen LogP contribution in [0.4, 0.5) is 0 Å². The van der Waals surface area contributed by atoms with E-state index in [1.165, 1.54) is 38.5 Å². The second-order valence-corrected chi connectivity index (χ2v) is 4.37. The van der Waals surface area contributed by atoms with Crippen molar-refractivity contribution in [3.63, 3.8) is 0 Å². The summed E-state index contributed by atoms with van der Waals surface area (Å²) in [5.41, 5.74) is 0.520. The fourth-order valence-electron chi connectivity index (χ4n) is 2.08. The van der Waals surface area contributed by atoms with Crippen molar-refractivity contribution in [2.24, 2.45) is 5.41 Å². The zero-order valence-electron chi connectivity index (χ0n) is 10.2. The Kier molecular flexibility index (Phi) is 6.45. The molecule has 0 aliphatic heterocycles. The molecule has 79 valence electrons. The Morgan fingerprint density at radius 3 is 1.46 bits per heavy atom. The van der Waals surface area contributed by atoms with Crippen LogP contribution in [0.1, 0.15) is 73.1 Å². The smallest absolute Gasteiger partial charge is 0.0182 e. The molecule has 0 aromatic carbocycles. The molecular weight excluding hydrogens is 156 g/mol. The maximum Gasteiger partial charge on any atom is -0.0182 e. The van der Waals surface area contributed by atoms with Crippen LogP contribution in [0.15, 0.2) is 0 Å². The number of hydrogen-bond acceptors (Lipinski definition) is 0. The Hall–Kier alpha value is 0. The van der Waals surface area contributed by atoms with E-state index in [0.717, 1.165) is 0 Å². The first-order chi connectivity index (χ1) is 6.14. The van der Waals surface area contributed by atoms with Crippen molar-refractivity contribution < 1.29 is 0 Å². The lowest BCUT2D eigenvalue weighted by Gasteiger charge is -2.36. The van der Waals surface area contributed by atoms with E-state index in [-0.39, 0.29) is 0 Å². The largest absolute Gasteiger partial charge is 0.0654 e. The quantitative estimate of drug-likeness (QED) is 0.522. The lowest BCUT2D eigenvalue weighted by atomic mass is 9.69. The molecule has 0 aromatic heterocycles. The van der Waals surface area contributed by atoms with Gasteiger partial charge in [0.1, 0.15) is 0 Å². The van der Waals surface area contributed by atoms with Crippen molar-refractivity contribution in [1.29, 1.82) is 0 Å². The topological polar surface area (TPSA) is 0 Å². The summed E-state index contributed by atoms with van der Waals surface area (Å²) < 4.78 is 0. The van der Waals surface area contributed by atoms with Gasteiger partial charge in [0, 0.05) is 0 Å². The summed E-state index contributed by atoms with van der Waals surface area (Å²) in [6.07, 6.45) is 7.91. The van der Waals surface area contributed by atoms with Gasteiger partial charge in [-0.2, -0.15) is 0 Å². The fraction of sp³-hybridized carbons (Fsp3) is 0.923. The van der Waals surface area contributed by atoms with Crippen LogP contribution >= 0.6 is 0 Å². The minimum absolute atomic E-state index is 0.520. The predicted molar refractivity (Wildman–Crippen MR) is 61.7 cm³/mol. The summed E-state index contributed by atoms with van der Waals surface area (Å²) in [7, 11) is 0. The van der Waals surface area contributed by atoms with Crippen molar-refractivity contribution in [1.82, 2.24) is 0 Å². The molecule has 0 N–H and O–H groups in total. The van der Waals surface area contributed by atoms with Gasteiger partial charge in [-0.1, -0.05) is 60.3 Å². The standard InChI is InChI=1S/C13H27/c1-6-10-12(11-7-2)13(5,8-3)9-4/h6-11H2,1-5H3. The van der Waals surface area contributed by atoms with E-state index in [1.54, 1.807) is 0 Å². The maximum atomic E-state index is 2.44. The molecule has 0 rings (SSSR count). The molecule has 0 nitrogen and oxygen atoms in total. The van der Waals surface area contributed by atoms with Crippen LogP contribution in [-0.2, 0) is 0 Å². The number of rotatable bonds is 7. The van der Waals surface area contributed by atoms with Crippen molar-refractivity contribution in [3.8, 4) is 0 Å². The molecule has 1 radical (unpaired) electrons. The van der Waals surface area contributed by atoms with Crippen LogP contribution < -0.4 is 0 Å². The maximum absolute atomic E-state index is 2.44. The highest BCUT2D eigenvalue weighted by atomic mass is 14.3. The average Bonchev–Trinajstić information content (AvgIpc) is 2.16. The third-order valence-electron chi connectivity index (χ3n) is 3.52. The van der Waals surface area contributed by atoms with Gasteiger partial charge in [0.05, 0.1) is 0 Å². The second kappa shape index (κ2) is 6.45. The third kappa shape index (κ3) is 3.70. The highest BCUT2D eigenvalue weighted by molar-refractivity contribution is 5.03. The third-order valence-corrected chi connectivity index (χ3v) is 3.52. The van der Waals surface area contributed by atoms with Gasteiger partial charge in [-0.15, -0.1) is 0 Å². The van der Waals surface area contributed by atoms with Crippen LogP contribution in [-0.4, -0.2) is 0 Å². The first kappa shape index (κ1) is 13.0. The van der Waals surface area contributed by atoms with Gasteiger partial charge in [0.15, 0.2) is 0 Å². The predicted octanol–water partition coefficient (Wildman–Crippen LogP) is 4.99. The minimum Gasteiger partial charge on any atom is -0.0654 e. The zero-order valence-corrected chi connectivity index (χ0v) is 10.2. The molecule has 13 heavy (non-hydrogen) atoms. The van der Waals surface area contributed by atoms with Crippen LogP contribution in [0.25, 0.3) is 0 Å². The molecule has 0 unspecified atom stereocenters. The molecule has 0 aliphatic rings. The SMILES string of the molecule is CCC[C](CCC)C(C)(CC)CC. The van der Waals surface area contributed by atoms with Crippen LogP contribution in [0.5, 0.6) is 0 Å². The van der Waals surface area contributed by atoms with Gasteiger partial charge >= 0.3 is 0 Å². The van der Waals surface area contributed by atoms with E-state index in [9.17, 15) is 0 Å². The molecule has 0 aromatic rings. The van der Waals surface area contributed by atoms with E-state index in [0.29, 0.717) is 5.41 Å². The van der Waals surface area contributed by atoms with E-state index in [2.05, 4.69) is 34.6 Å². The van der Waals surface area contributed by atoms with Gasteiger partial charge < -0.3 is 0 Å². The molecule has 0 heterocycles. The Morgan fingerprint density at radius 2 is 1.23 bits per heavy atom. The molecule has 0 saturated carbocycles. The van der Waals surface area contributed by atoms with E-state index < -0.39 is 0 Å². The lowest BCUT2D eigenvalue weighted by Crippen LogP contribution is -2.24. The highest BCUT2D eigenvalue weighted by Gasteiger charge is 2.29. The minimum atomic E-state index is 0.520. The number of hydrogen-bond donors (Lipinski definition) is 0. The molecule has 0 bridgehead atoms. The molecule has 0 fully saturated rings. The Labute approximate surface area is 85.1 Å². The molecule has 0 heteroatoms. The summed E-state index contributed by atoms with van der Waals surface area (Å²) >= 11 is 0. The summed E-state index contributed by atoms with van der Waals surface area (Å²) in [5.74, 6) is 1.81. The van der Waals surface area contributed by atoms with Gasteiger partial charge in [0.2, 0.25) is 0 Å². The monoisotopic (exact) mass is 183 g/mol. The zero-order chi connectivity index (χ0) is 10.3. The normalized spacial score (nSPS) is 12.5. The van der Waals surface area contributed by atoms with E-state index >= 15 is 0 Å². The fourth-order valence-corrected chi connectivity index (χ4v) is 2.08. The Morgan fingerprint density at radius 1 is 0.846 bits per heavy atom. The molecular formula is C13H27. The molecule has 0 spiro atoms. The van der Waals surface area contributed by atoms with Crippen LogP contribution in [0.3, 0.4) is 0 Å². The van der Waals surface area contributed by atoms with Crippen molar-refractivity contribution in [2.45, 2.75) is 73.1 Å². The first-order valence-corrected chi connectivity index (χ1v) is 5.99. The van der Waals surface area contributed by atoms with E-state index in [4.69, 9.17) is 0 Å². The summed E-state index contributed by atoms with van der Waals surface area (Å²) in [6, 6.07) is 0. The average molecular weight is 183 g/mol. The lowest BCUT2D eigenvalue weighted by molar-refractivity contribution is 0.284.